The molecule has 0 aliphatic heterocycles. The van der Waals surface area contributed by atoms with Crippen LogP contribution in [-0.2, 0) is 10.8 Å². The molecule has 23 heavy (non-hydrogen) atoms. The standard InChI is InChI=1S/C18H24F3NO/c1-11(2)22-15(23)12-8-13(16(3,4)5)10-14(9-12)17(6-7-17)18(19,20)21/h8-11H,6-7H2,1-5H3,(H,22,23). The molecular weight excluding hydrogens is 303 g/mol. The van der Waals surface area contributed by atoms with Crippen LogP contribution in [-0.4, -0.2) is 18.1 Å². The first-order valence-corrected chi connectivity index (χ1v) is 7.90. The lowest BCUT2D eigenvalue weighted by molar-refractivity contribution is -0.160. The summed E-state index contributed by atoms with van der Waals surface area (Å²) < 4.78 is 40.4. The number of carbonyl (C=O) groups is 1. The maximum Gasteiger partial charge on any atom is 0.398 e. The van der Waals surface area contributed by atoms with Gasteiger partial charge in [-0.15, -0.1) is 0 Å². The zero-order chi connectivity index (χ0) is 17.6. The molecule has 0 bridgehead atoms. The second-order valence-corrected chi connectivity index (χ2v) is 7.76. The molecule has 1 aliphatic carbocycles. The minimum absolute atomic E-state index is 0.0678. The van der Waals surface area contributed by atoms with Gasteiger partial charge in [-0.2, -0.15) is 13.2 Å². The van der Waals surface area contributed by atoms with Gasteiger partial charge < -0.3 is 5.32 Å². The fourth-order valence-electron chi connectivity index (χ4n) is 2.67. The van der Waals surface area contributed by atoms with Crippen molar-refractivity contribution in [2.75, 3.05) is 0 Å². The molecule has 1 saturated carbocycles. The first-order chi connectivity index (χ1) is 10.4. The van der Waals surface area contributed by atoms with E-state index in [1.54, 1.807) is 12.1 Å². The normalized spacial score (nSPS) is 17.3. The Labute approximate surface area is 135 Å². The Morgan fingerprint density at radius 1 is 1.13 bits per heavy atom. The highest BCUT2D eigenvalue weighted by Gasteiger charge is 2.64. The summed E-state index contributed by atoms with van der Waals surface area (Å²) in [6.07, 6.45) is -4.10. The van der Waals surface area contributed by atoms with Gasteiger partial charge in [0.05, 0.1) is 5.41 Å². The van der Waals surface area contributed by atoms with E-state index < -0.39 is 11.6 Å². The minimum Gasteiger partial charge on any atom is -0.350 e. The van der Waals surface area contributed by atoms with Crippen LogP contribution < -0.4 is 5.32 Å². The molecule has 0 radical (unpaired) electrons. The maximum absolute atomic E-state index is 13.5. The van der Waals surface area contributed by atoms with E-state index in [-0.39, 0.29) is 35.8 Å². The molecule has 2 nitrogen and oxygen atoms in total. The number of rotatable bonds is 3. The first kappa shape index (κ1) is 17.8. The Hall–Kier alpha value is -1.52. The lowest BCUT2D eigenvalue weighted by Crippen LogP contribution is -2.32. The van der Waals surface area contributed by atoms with E-state index in [1.807, 2.05) is 34.6 Å². The van der Waals surface area contributed by atoms with Gasteiger partial charge in [0.25, 0.3) is 5.91 Å². The fraction of sp³-hybridized carbons (Fsp3) is 0.611. The molecule has 0 saturated heterocycles. The highest BCUT2D eigenvalue weighted by atomic mass is 19.4. The van der Waals surface area contributed by atoms with E-state index in [0.29, 0.717) is 5.56 Å². The lowest BCUT2D eigenvalue weighted by Gasteiger charge is -2.25. The third-order valence-corrected chi connectivity index (χ3v) is 4.33. The molecule has 2 rings (SSSR count). The van der Waals surface area contributed by atoms with Crippen LogP contribution in [0.25, 0.3) is 0 Å². The summed E-state index contributed by atoms with van der Waals surface area (Å²) in [5.41, 5.74) is -0.839. The van der Waals surface area contributed by atoms with E-state index in [0.717, 1.165) is 5.56 Å². The number of carbonyl (C=O) groups excluding carboxylic acids is 1. The van der Waals surface area contributed by atoms with Crippen LogP contribution in [0.3, 0.4) is 0 Å². The molecule has 0 atom stereocenters. The van der Waals surface area contributed by atoms with Gasteiger partial charge in [0.15, 0.2) is 0 Å². The third-order valence-electron chi connectivity index (χ3n) is 4.33. The minimum atomic E-state index is -4.28. The Balaban J connectivity index is 2.54. The van der Waals surface area contributed by atoms with Gasteiger partial charge in [0.1, 0.15) is 0 Å². The Kier molecular flexibility index (Phi) is 4.29. The largest absolute Gasteiger partial charge is 0.398 e. The van der Waals surface area contributed by atoms with Crippen LogP contribution in [0.4, 0.5) is 13.2 Å². The van der Waals surface area contributed by atoms with Crippen LogP contribution in [0.15, 0.2) is 18.2 Å². The third kappa shape index (κ3) is 3.54. The van der Waals surface area contributed by atoms with Crippen molar-refractivity contribution in [1.29, 1.82) is 0 Å². The second-order valence-electron chi connectivity index (χ2n) is 7.76. The smallest absolute Gasteiger partial charge is 0.350 e. The zero-order valence-corrected chi connectivity index (χ0v) is 14.3. The van der Waals surface area contributed by atoms with E-state index in [9.17, 15) is 18.0 Å². The van der Waals surface area contributed by atoms with Gasteiger partial charge in [-0.25, -0.2) is 0 Å². The van der Waals surface area contributed by atoms with Gasteiger partial charge in [-0.05, 0) is 55.4 Å². The topological polar surface area (TPSA) is 29.1 Å². The summed E-state index contributed by atoms with van der Waals surface area (Å²) in [6, 6.07) is 4.66. The van der Waals surface area contributed by atoms with Crippen molar-refractivity contribution in [2.45, 2.75) is 70.5 Å². The quantitative estimate of drug-likeness (QED) is 0.855. The van der Waals surface area contributed by atoms with Crippen molar-refractivity contribution < 1.29 is 18.0 Å². The summed E-state index contributed by atoms with van der Waals surface area (Å²) in [5.74, 6) is -0.328. The number of alkyl halides is 3. The van der Waals surface area contributed by atoms with Gasteiger partial charge in [0.2, 0.25) is 0 Å². The van der Waals surface area contributed by atoms with Crippen molar-refractivity contribution in [1.82, 2.24) is 5.32 Å². The highest BCUT2D eigenvalue weighted by molar-refractivity contribution is 5.95. The van der Waals surface area contributed by atoms with Crippen molar-refractivity contribution in [2.24, 2.45) is 0 Å². The molecule has 1 N–H and O–H groups in total. The van der Waals surface area contributed by atoms with Crippen LogP contribution in [0.5, 0.6) is 0 Å². The van der Waals surface area contributed by atoms with E-state index in [2.05, 4.69) is 5.32 Å². The molecular formula is C18H24F3NO. The molecule has 0 heterocycles. The zero-order valence-electron chi connectivity index (χ0n) is 14.3. The average Bonchev–Trinajstić information content (AvgIpc) is 3.17. The number of benzene rings is 1. The molecule has 1 amide bonds. The van der Waals surface area contributed by atoms with Crippen LogP contribution in [0, 0.1) is 0 Å². The predicted octanol–water partition coefficient (Wildman–Crippen LogP) is 4.72. The van der Waals surface area contributed by atoms with Gasteiger partial charge in [0, 0.05) is 11.6 Å². The van der Waals surface area contributed by atoms with E-state index in [1.165, 1.54) is 6.07 Å². The predicted molar refractivity (Wildman–Crippen MR) is 84.7 cm³/mol. The molecule has 0 unspecified atom stereocenters. The summed E-state index contributed by atoms with van der Waals surface area (Å²) >= 11 is 0. The SMILES string of the molecule is CC(C)NC(=O)c1cc(C(C)(C)C)cc(C2(C(F)(F)F)CC2)c1. The molecule has 1 aliphatic rings. The van der Waals surface area contributed by atoms with Crippen LogP contribution >= 0.6 is 0 Å². The second kappa shape index (κ2) is 5.53. The van der Waals surface area contributed by atoms with Gasteiger partial charge in [-0.1, -0.05) is 26.8 Å². The Morgan fingerprint density at radius 3 is 2.09 bits per heavy atom. The molecule has 5 heteroatoms. The molecule has 0 spiro atoms. The molecule has 1 aromatic carbocycles. The lowest BCUT2D eigenvalue weighted by atomic mass is 9.82. The van der Waals surface area contributed by atoms with Crippen molar-refractivity contribution in [3.63, 3.8) is 0 Å². The van der Waals surface area contributed by atoms with Crippen molar-refractivity contribution >= 4 is 5.91 Å². The van der Waals surface area contributed by atoms with Crippen LogP contribution in [0.1, 0.15) is 68.9 Å². The number of halogens is 3. The Bertz CT molecular complexity index is 608. The molecule has 128 valence electrons. The van der Waals surface area contributed by atoms with Gasteiger partial charge >= 0.3 is 6.18 Å². The monoisotopic (exact) mass is 327 g/mol. The average molecular weight is 327 g/mol. The first-order valence-electron chi connectivity index (χ1n) is 7.90. The van der Waals surface area contributed by atoms with E-state index >= 15 is 0 Å². The summed E-state index contributed by atoms with van der Waals surface area (Å²) in [4.78, 5) is 12.3. The Morgan fingerprint density at radius 2 is 1.70 bits per heavy atom. The number of hydrogen-bond donors (Lipinski definition) is 1. The van der Waals surface area contributed by atoms with Crippen molar-refractivity contribution in [3.8, 4) is 0 Å². The fourth-order valence-corrected chi connectivity index (χ4v) is 2.67. The van der Waals surface area contributed by atoms with Crippen molar-refractivity contribution in [3.05, 3.63) is 34.9 Å². The molecule has 1 fully saturated rings. The summed E-state index contributed by atoms with van der Waals surface area (Å²) in [5, 5.41) is 2.76. The van der Waals surface area contributed by atoms with Crippen LogP contribution in [0.2, 0.25) is 0 Å². The summed E-state index contributed by atoms with van der Waals surface area (Å²) in [6.45, 7) is 9.45. The van der Waals surface area contributed by atoms with E-state index in [4.69, 9.17) is 0 Å². The highest BCUT2D eigenvalue weighted by Crippen LogP contribution is 2.59. The number of amides is 1. The molecule has 0 aromatic heterocycles. The maximum atomic E-state index is 13.5. The molecule has 1 aromatic rings. The number of hydrogen-bond acceptors (Lipinski definition) is 1. The van der Waals surface area contributed by atoms with Gasteiger partial charge in [-0.3, -0.25) is 4.79 Å². The number of nitrogens with one attached hydrogen (secondary N) is 1. The summed E-state index contributed by atoms with van der Waals surface area (Å²) in [7, 11) is 0.